The molecule has 1 atom stereocenters. The van der Waals surface area contributed by atoms with Gasteiger partial charge in [-0.25, -0.2) is 0 Å². The summed E-state index contributed by atoms with van der Waals surface area (Å²) in [6.07, 6.45) is 5.90. The zero-order valence-electron chi connectivity index (χ0n) is 15.2. The molecule has 5 heteroatoms. The fourth-order valence-electron chi connectivity index (χ4n) is 4.95. The van der Waals surface area contributed by atoms with E-state index in [1.165, 1.54) is 19.3 Å². The molecule has 2 saturated heterocycles. The van der Waals surface area contributed by atoms with Gasteiger partial charge in [-0.15, -0.1) is 0 Å². The number of hydrogen-bond donors (Lipinski definition) is 1. The lowest BCUT2D eigenvalue weighted by Crippen LogP contribution is -2.47. The molecule has 1 aromatic rings. The predicted molar refractivity (Wildman–Crippen MR) is 98.5 cm³/mol. The molecule has 0 aromatic heterocycles. The van der Waals surface area contributed by atoms with Crippen LogP contribution >= 0.6 is 0 Å². The van der Waals surface area contributed by atoms with E-state index in [0.29, 0.717) is 17.0 Å². The predicted octanol–water partition coefficient (Wildman–Crippen LogP) is 2.26. The summed E-state index contributed by atoms with van der Waals surface area (Å²) < 4.78 is 0. The Hall–Kier alpha value is -1.90. The van der Waals surface area contributed by atoms with E-state index in [0.717, 1.165) is 45.1 Å². The summed E-state index contributed by atoms with van der Waals surface area (Å²) >= 11 is 0. The van der Waals surface area contributed by atoms with Crippen LogP contribution in [0.1, 0.15) is 48.0 Å². The number of likely N-dealkylation sites (tertiary alicyclic amines) is 2. The van der Waals surface area contributed by atoms with E-state index in [1.54, 1.807) is 24.3 Å². The van der Waals surface area contributed by atoms with Gasteiger partial charge in [0.1, 0.15) is 0 Å². The van der Waals surface area contributed by atoms with Gasteiger partial charge in [0.15, 0.2) is 0 Å². The van der Waals surface area contributed by atoms with E-state index < -0.39 is 0 Å². The van der Waals surface area contributed by atoms with Crippen molar-refractivity contribution in [1.29, 1.82) is 5.26 Å². The van der Waals surface area contributed by atoms with E-state index in [9.17, 15) is 9.90 Å². The Morgan fingerprint density at radius 3 is 2.46 bits per heavy atom. The molecule has 26 heavy (non-hydrogen) atoms. The number of nitrogens with zero attached hydrogens (tertiary/aromatic N) is 3. The number of piperidine rings is 1. The summed E-state index contributed by atoms with van der Waals surface area (Å²) in [5, 5.41) is 18.8. The van der Waals surface area contributed by atoms with Crippen molar-refractivity contribution in [3.8, 4) is 6.07 Å². The molecular formula is C21H27N3O2. The van der Waals surface area contributed by atoms with E-state index >= 15 is 0 Å². The number of nitriles is 1. The maximum Gasteiger partial charge on any atom is 0.253 e. The van der Waals surface area contributed by atoms with Crippen LogP contribution in [0.5, 0.6) is 0 Å². The van der Waals surface area contributed by atoms with Crippen molar-refractivity contribution in [2.24, 2.45) is 11.3 Å². The molecule has 3 fully saturated rings. The minimum absolute atomic E-state index is 0.0544. The number of carbonyl (C=O) groups is 1. The molecule has 1 saturated carbocycles. The van der Waals surface area contributed by atoms with Crippen LogP contribution in [0.25, 0.3) is 0 Å². The van der Waals surface area contributed by atoms with E-state index in [4.69, 9.17) is 5.26 Å². The first-order chi connectivity index (χ1) is 12.6. The Balaban J connectivity index is 1.41. The van der Waals surface area contributed by atoms with Crippen LogP contribution in [0.2, 0.25) is 0 Å². The second-order valence-corrected chi connectivity index (χ2v) is 8.24. The topological polar surface area (TPSA) is 67.6 Å². The van der Waals surface area contributed by atoms with Gasteiger partial charge in [-0.2, -0.15) is 5.26 Å². The molecule has 2 aliphatic heterocycles. The zero-order valence-corrected chi connectivity index (χ0v) is 15.2. The average Bonchev–Trinajstić information content (AvgIpc) is 2.98. The number of rotatable bonds is 3. The fraction of sp³-hybridized carbons (Fsp3) is 0.619. The van der Waals surface area contributed by atoms with Crippen LogP contribution in [-0.4, -0.2) is 59.6 Å². The normalized spacial score (nSPS) is 25.8. The molecule has 0 radical (unpaired) electrons. The molecule has 1 aromatic carbocycles. The van der Waals surface area contributed by atoms with Crippen LogP contribution in [0.15, 0.2) is 24.3 Å². The Morgan fingerprint density at radius 2 is 1.92 bits per heavy atom. The monoisotopic (exact) mass is 353 g/mol. The van der Waals surface area contributed by atoms with Gasteiger partial charge < -0.3 is 10.0 Å². The van der Waals surface area contributed by atoms with Gasteiger partial charge in [-0.05, 0) is 55.4 Å². The van der Waals surface area contributed by atoms with Gasteiger partial charge >= 0.3 is 0 Å². The van der Waals surface area contributed by atoms with Crippen molar-refractivity contribution in [3.63, 3.8) is 0 Å². The Morgan fingerprint density at radius 1 is 1.23 bits per heavy atom. The van der Waals surface area contributed by atoms with E-state index in [2.05, 4.69) is 11.0 Å². The zero-order chi connectivity index (χ0) is 18.1. The van der Waals surface area contributed by atoms with Gasteiger partial charge in [0.05, 0.1) is 11.6 Å². The summed E-state index contributed by atoms with van der Waals surface area (Å²) in [5.41, 5.74) is 1.40. The van der Waals surface area contributed by atoms with E-state index in [-0.39, 0.29) is 17.9 Å². The molecule has 3 aliphatic rings. The van der Waals surface area contributed by atoms with Crippen LogP contribution in [0.3, 0.4) is 0 Å². The summed E-state index contributed by atoms with van der Waals surface area (Å²) in [4.78, 5) is 17.3. The first-order valence-electron chi connectivity index (χ1n) is 9.79. The molecule has 1 N–H and O–H groups in total. The lowest BCUT2D eigenvalue weighted by molar-refractivity contribution is 0.0385. The quantitative estimate of drug-likeness (QED) is 0.905. The molecule has 0 bridgehead atoms. The molecule has 4 rings (SSSR count). The highest BCUT2D eigenvalue weighted by atomic mass is 16.3. The molecule has 5 nitrogen and oxygen atoms in total. The van der Waals surface area contributed by atoms with Crippen molar-refractivity contribution in [2.75, 3.05) is 32.8 Å². The third-order valence-electron chi connectivity index (χ3n) is 6.96. The van der Waals surface area contributed by atoms with Crippen LogP contribution in [-0.2, 0) is 0 Å². The van der Waals surface area contributed by atoms with Crippen LogP contribution in [0, 0.1) is 22.7 Å². The largest absolute Gasteiger partial charge is 0.396 e. The molecule has 1 unspecified atom stereocenters. The van der Waals surface area contributed by atoms with Crippen LogP contribution in [0.4, 0.5) is 0 Å². The highest BCUT2D eigenvalue weighted by Crippen LogP contribution is 2.46. The third-order valence-corrected chi connectivity index (χ3v) is 6.96. The van der Waals surface area contributed by atoms with Crippen molar-refractivity contribution in [1.82, 2.24) is 9.80 Å². The smallest absolute Gasteiger partial charge is 0.253 e. The maximum absolute atomic E-state index is 12.8. The number of hydrogen-bond acceptors (Lipinski definition) is 4. The number of carbonyl (C=O) groups excluding carboxylic acids is 1. The highest BCUT2D eigenvalue weighted by molar-refractivity contribution is 5.94. The minimum Gasteiger partial charge on any atom is -0.396 e. The fourth-order valence-corrected chi connectivity index (χ4v) is 4.95. The lowest BCUT2D eigenvalue weighted by Gasteiger charge is -2.43. The lowest BCUT2D eigenvalue weighted by atomic mass is 9.71. The first-order valence-corrected chi connectivity index (χ1v) is 9.79. The summed E-state index contributed by atoms with van der Waals surface area (Å²) in [7, 11) is 0. The minimum atomic E-state index is 0.0544. The number of benzene rings is 1. The van der Waals surface area contributed by atoms with Crippen molar-refractivity contribution in [3.05, 3.63) is 35.4 Å². The van der Waals surface area contributed by atoms with Crippen LogP contribution < -0.4 is 0 Å². The molecule has 2 heterocycles. The van der Waals surface area contributed by atoms with Gasteiger partial charge in [-0.1, -0.05) is 6.42 Å². The second-order valence-electron chi connectivity index (χ2n) is 8.24. The van der Waals surface area contributed by atoms with Gasteiger partial charge in [-0.3, -0.25) is 9.69 Å². The number of aliphatic hydroxyl groups excluding tert-OH is 1. The standard InChI is InChI=1S/C21H27N3O2/c22-12-16-4-6-17(7-5-16)20(26)23-10-8-21(9-11-23)15-24(13-18(21)14-25)19-2-1-3-19/h4-7,18-19,25H,1-3,8-11,13-15H2. The Labute approximate surface area is 155 Å². The SMILES string of the molecule is N#Cc1ccc(C(=O)N2CCC3(CC2)CN(C2CCC2)CC3CO)cc1. The van der Waals surface area contributed by atoms with E-state index in [1.807, 2.05) is 4.90 Å². The Kier molecular flexibility index (Phi) is 4.73. The highest BCUT2D eigenvalue weighted by Gasteiger charge is 2.49. The van der Waals surface area contributed by atoms with Gasteiger partial charge in [0.25, 0.3) is 5.91 Å². The first kappa shape index (κ1) is 17.5. The third kappa shape index (κ3) is 3.02. The maximum atomic E-state index is 12.8. The average molecular weight is 353 g/mol. The summed E-state index contributed by atoms with van der Waals surface area (Å²) in [6.45, 7) is 3.88. The number of aliphatic hydroxyl groups is 1. The molecule has 1 amide bonds. The molecule has 138 valence electrons. The molecule has 1 aliphatic carbocycles. The van der Waals surface area contributed by atoms with Crippen molar-refractivity contribution >= 4 is 5.91 Å². The van der Waals surface area contributed by atoms with Crippen molar-refractivity contribution in [2.45, 2.75) is 38.1 Å². The van der Waals surface area contributed by atoms with Gasteiger partial charge in [0, 0.05) is 50.3 Å². The molecular weight excluding hydrogens is 326 g/mol. The van der Waals surface area contributed by atoms with Crippen molar-refractivity contribution < 1.29 is 9.90 Å². The second kappa shape index (κ2) is 7.02. The Bertz CT molecular complexity index is 697. The summed E-state index contributed by atoms with van der Waals surface area (Å²) in [5.74, 6) is 0.397. The molecule has 1 spiro atoms. The summed E-state index contributed by atoms with van der Waals surface area (Å²) in [6, 6.07) is 9.71. The number of amides is 1. The van der Waals surface area contributed by atoms with Gasteiger partial charge in [0.2, 0.25) is 0 Å².